The van der Waals surface area contributed by atoms with Crippen molar-refractivity contribution in [2.45, 2.75) is 31.4 Å². The van der Waals surface area contributed by atoms with Crippen molar-refractivity contribution in [3.05, 3.63) is 29.8 Å². The highest BCUT2D eigenvalue weighted by atomic mass is 19.2. The Hall–Kier alpha value is -1.16. The highest BCUT2D eigenvalue weighted by molar-refractivity contribution is 5.24. The molecule has 2 nitrogen and oxygen atoms in total. The van der Waals surface area contributed by atoms with E-state index in [0.717, 1.165) is 31.4 Å². The first-order valence-corrected chi connectivity index (χ1v) is 5.48. The Morgan fingerprint density at radius 3 is 2.69 bits per heavy atom. The number of nitrogens with one attached hydrogen (secondary N) is 1. The van der Waals surface area contributed by atoms with E-state index in [2.05, 4.69) is 5.32 Å². The third-order valence-corrected chi connectivity index (χ3v) is 2.99. The van der Waals surface area contributed by atoms with Crippen LogP contribution in [0.15, 0.2) is 18.2 Å². The van der Waals surface area contributed by atoms with Crippen molar-refractivity contribution in [1.82, 2.24) is 5.32 Å². The Bertz CT molecular complexity index is 370. The third-order valence-electron chi connectivity index (χ3n) is 2.99. The van der Waals surface area contributed by atoms with Crippen LogP contribution in [0.25, 0.3) is 0 Å². The van der Waals surface area contributed by atoms with Gasteiger partial charge in [0.25, 0.3) is 0 Å². The monoisotopic (exact) mass is 227 g/mol. The maximum Gasteiger partial charge on any atom is 0.162 e. The molecule has 0 heterocycles. The van der Waals surface area contributed by atoms with Gasteiger partial charge in [0, 0.05) is 12.1 Å². The summed E-state index contributed by atoms with van der Waals surface area (Å²) in [5.41, 5.74) is 0. The van der Waals surface area contributed by atoms with E-state index in [1.165, 1.54) is 6.07 Å². The zero-order chi connectivity index (χ0) is 11.5. The minimum Gasteiger partial charge on any atom is -0.490 e. The molecule has 2 atom stereocenters. The summed E-state index contributed by atoms with van der Waals surface area (Å²) in [6.45, 7) is 0. The lowest BCUT2D eigenvalue weighted by Crippen LogP contribution is -2.23. The fourth-order valence-electron chi connectivity index (χ4n) is 2.05. The van der Waals surface area contributed by atoms with Crippen LogP contribution in [0.2, 0.25) is 0 Å². The van der Waals surface area contributed by atoms with Crippen molar-refractivity contribution >= 4 is 0 Å². The smallest absolute Gasteiger partial charge is 0.162 e. The molecule has 0 aromatic heterocycles. The summed E-state index contributed by atoms with van der Waals surface area (Å²) in [5, 5.41) is 3.19. The summed E-state index contributed by atoms with van der Waals surface area (Å²) in [5.74, 6) is -1.30. The molecule has 1 aromatic rings. The molecule has 1 aliphatic carbocycles. The van der Waals surface area contributed by atoms with Crippen LogP contribution in [0.5, 0.6) is 5.75 Å². The van der Waals surface area contributed by atoms with Gasteiger partial charge < -0.3 is 10.1 Å². The molecule has 1 fully saturated rings. The van der Waals surface area contributed by atoms with Crippen molar-refractivity contribution in [3.8, 4) is 5.75 Å². The van der Waals surface area contributed by atoms with E-state index in [-0.39, 0.29) is 6.10 Å². The molecule has 0 saturated heterocycles. The minimum absolute atomic E-state index is 0.0994. The highest BCUT2D eigenvalue weighted by Gasteiger charge is 2.24. The molecule has 1 aromatic carbocycles. The van der Waals surface area contributed by atoms with Gasteiger partial charge in [-0.05, 0) is 38.4 Å². The summed E-state index contributed by atoms with van der Waals surface area (Å²) in [6, 6.07) is 4.12. The summed E-state index contributed by atoms with van der Waals surface area (Å²) >= 11 is 0. The Labute approximate surface area is 93.6 Å². The van der Waals surface area contributed by atoms with Crippen LogP contribution in [0, 0.1) is 11.6 Å². The second-order valence-corrected chi connectivity index (χ2v) is 4.11. The van der Waals surface area contributed by atoms with Gasteiger partial charge in [0.15, 0.2) is 11.6 Å². The minimum atomic E-state index is -0.860. The maximum absolute atomic E-state index is 12.9. The molecule has 0 aliphatic heterocycles. The SMILES string of the molecule is CNC1CCC(Oc2ccc(F)c(F)c2)C1. The fourth-order valence-corrected chi connectivity index (χ4v) is 2.05. The van der Waals surface area contributed by atoms with Crippen molar-refractivity contribution < 1.29 is 13.5 Å². The average molecular weight is 227 g/mol. The summed E-state index contributed by atoms with van der Waals surface area (Å²) in [4.78, 5) is 0. The molecule has 4 heteroatoms. The molecule has 0 spiro atoms. The molecule has 1 aliphatic rings. The lowest BCUT2D eigenvalue weighted by atomic mass is 10.2. The van der Waals surface area contributed by atoms with Gasteiger partial charge in [-0.2, -0.15) is 0 Å². The number of hydrogen-bond acceptors (Lipinski definition) is 2. The van der Waals surface area contributed by atoms with E-state index in [1.54, 1.807) is 0 Å². The number of hydrogen-bond donors (Lipinski definition) is 1. The van der Waals surface area contributed by atoms with Crippen LogP contribution < -0.4 is 10.1 Å². The first-order chi connectivity index (χ1) is 7.69. The van der Waals surface area contributed by atoms with Gasteiger partial charge in [-0.1, -0.05) is 0 Å². The topological polar surface area (TPSA) is 21.3 Å². The molecule has 1 N–H and O–H groups in total. The van der Waals surface area contributed by atoms with Crippen molar-refractivity contribution in [1.29, 1.82) is 0 Å². The molecular formula is C12H15F2NO. The van der Waals surface area contributed by atoms with Gasteiger partial charge in [0.1, 0.15) is 11.9 Å². The zero-order valence-corrected chi connectivity index (χ0v) is 9.17. The number of halogens is 2. The Morgan fingerprint density at radius 1 is 1.25 bits per heavy atom. The lowest BCUT2D eigenvalue weighted by Gasteiger charge is -2.14. The quantitative estimate of drug-likeness (QED) is 0.856. The molecular weight excluding hydrogens is 212 g/mol. The van der Waals surface area contributed by atoms with Crippen LogP contribution in [0.3, 0.4) is 0 Å². The van der Waals surface area contributed by atoms with E-state index in [9.17, 15) is 8.78 Å². The molecule has 0 bridgehead atoms. The standard InChI is InChI=1S/C12H15F2NO/c1-15-8-2-3-9(6-8)16-10-4-5-11(13)12(14)7-10/h4-5,7-9,15H,2-3,6H2,1H3. The van der Waals surface area contributed by atoms with Gasteiger partial charge >= 0.3 is 0 Å². The van der Waals surface area contributed by atoms with Gasteiger partial charge in [-0.3, -0.25) is 0 Å². The van der Waals surface area contributed by atoms with Crippen molar-refractivity contribution in [3.63, 3.8) is 0 Å². The second kappa shape index (κ2) is 4.78. The molecule has 0 amide bonds. The molecule has 0 radical (unpaired) electrons. The molecule has 2 unspecified atom stereocenters. The first-order valence-electron chi connectivity index (χ1n) is 5.48. The van der Waals surface area contributed by atoms with E-state index in [0.29, 0.717) is 11.8 Å². The van der Waals surface area contributed by atoms with E-state index < -0.39 is 11.6 Å². The Morgan fingerprint density at radius 2 is 2.06 bits per heavy atom. The Kier molecular flexibility index (Phi) is 3.39. The largest absolute Gasteiger partial charge is 0.490 e. The van der Waals surface area contributed by atoms with Crippen LogP contribution in [-0.4, -0.2) is 19.2 Å². The molecule has 16 heavy (non-hydrogen) atoms. The normalized spacial score (nSPS) is 24.7. The highest BCUT2D eigenvalue weighted by Crippen LogP contribution is 2.25. The summed E-state index contributed by atoms with van der Waals surface area (Å²) in [6.07, 6.45) is 3.02. The average Bonchev–Trinajstić information content (AvgIpc) is 2.71. The van der Waals surface area contributed by atoms with Gasteiger partial charge in [-0.25, -0.2) is 8.78 Å². The van der Waals surface area contributed by atoms with Crippen LogP contribution in [0.4, 0.5) is 8.78 Å². The Balaban J connectivity index is 1.97. The van der Waals surface area contributed by atoms with Crippen LogP contribution in [-0.2, 0) is 0 Å². The van der Waals surface area contributed by atoms with Crippen molar-refractivity contribution in [2.24, 2.45) is 0 Å². The number of ether oxygens (including phenoxy) is 1. The second-order valence-electron chi connectivity index (χ2n) is 4.11. The van der Waals surface area contributed by atoms with Crippen LogP contribution in [0.1, 0.15) is 19.3 Å². The van der Waals surface area contributed by atoms with Crippen molar-refractivity contribution in [2.75, 3.05) is 7.05 Å². The van der Waals surface area contributed by atoms with Gasteiger partial charge in [0.2, 0.25) is 0 Å². The van der Waals surface area contributed by atoms with Gasteiger partial charge in [0.05, 0.1) is 0 Å². The predicted octanol–water partition coefficient (Wildman–Crippen LogP) is 2.48. The maximum atomic E-state index is 12.9. The third kappa shape index (κ3) is 2.50. The number of rotatable bonds is 3. The van der Waals surface area contributed by atoms with E-state index in [1.807, 2.05) is 7.05 Å². The van der Waals surface area contributed by atoms with E-state index >= 15 is 0 Å². The molecule has 2 rings (SSSR count). The first kappa shape index (κ1) is 11.3. The van der Waals surface area contributed by atoms with Gasteiger partial charge in [-0.15, -0.1) is 0 Å². The van der Waals surface area contributed by atoms with E-state index in [4.69, 9.17) is 4.74 Å². The molecule has 88 valence electrons. The molecule has 1 saturated carbocycles. The lowest BCUT2D eigenvalue weighted by molar-refractivity contribution is 0.205. The fraction of sp³-hybridized carbons (Fsp3) is 0.500. The summed E-state index contributed by atoms with van der Waals surface area (Å²) < 4.78 is 31.2. The predicted molar refractivity (Wildman–Crippen MR) is 57.5 cm³/mol. The zero-order valence-electron chi connectivity index (χ0n) is 9.17. The number of benzene rings is 1. The summed E-state index contributed by atoms with van der Waals surface area (Å²) in [7, 11) is 1.92. The van der Waals surface area contributed by atoms with Crippen LogP contribution >= 0.6 is 0 Å².